The summed E-state index contributed by atoms with van der Waals surface area (Å²) in [4.78, 5) is 2.26. The molecule has 1 aliphatic heterocycles. The number of anilines is 1. The number of hydrogen-bond donors (Lipinski definition) is 1. The third-order valence-electron chi connectivity index (χ3n) is 3.10. The smallest absolute Gasteiger partial charge is 0.125 e. The molecule has 1 unspecified atom stereocenters. The van der Waals surface area contributed by atoms with E-state index in [2.05, 4.69) is 23.2 Å². The molecule has 2 rings (SSSR count). The van der Waals surface area contributed by atoms with Gasteiger partial charge in [-0.2, -0.15) is 0 Å². The highest BCUT2D eigenvalue weighted by molar-refractivity contribution is 5.49. The summed E-state index contributed by atoms with van der Waals surface area (Å²) in [7, 11) is 0. The lowest BCUT2D eigenvalue weighted by Crippen LogP contribution is -2.29. The molecule has 0 saturated carbocycles. The van der Waals surface area contributed by atoms with Crippen molar-refractivity contribution in [3.05, 3.63) is 29.6 Å². The molecule has 1 fully saturated rings. The minimum Gasteiger partial charge on any atom is -0.370 e. The van der Waals surface area contributed by atoms with Crippen molar-refractivity contribution in [1.82, 2.24) is 5.32 Å². The fourth-order valence-electron chi connectivity index (χ4n) is 2.17. The molecule has 0 radical (unpaired) electrons. The summed E-state index contributed by atoms with van der Waals surface area (Å²) in [6, 6.07) is 5.81. The zero-order chi connectivity index (χ0) is 11.5. The van der Waals surface area contributed by atoms with Crippen LogP contribution in [0.4, 0.5) is 10.1 Å². The Bertz CT molecular complexity index is 345. The zero-order valence-corrected chi connectivity index (χ0v) is 9.96. The Morgan fingerprint density at radius 2 is 2.12 bits per heavy atom. The quantitative estimate of drug-likeness (QED) is 0.784. The van der Waals surface area contributed by atoms with Crippen LogP contribution in [0.2, 0.25) is 0 Å². The summed E-state index contributed by atoms with van der Waals surface area (Å²) in [5, 5.41) is 3.44. The van der Waals surface area contributed by atoms with E-state index in [1.807, 2.05) is 6.92 Å². The van der Waals surface area contributed by atoms with Gasteiger partial charge in [-0.05, 0) is 44.0 Å². The molecular formula is C13H19FN2. The lowest BCUT2D eigenvalue weighted by Gasteiger charge is -2.22. The summed E-state index contributed by atoms with van der Waals surface area (Å²) >= 11 is 0. The van der Waals surface area contributed by atoms with Crippen LogP contribution in [-0.2, 0) is 0 Å². The van der Waals surface area contributed by atoms with Crippen molar-refractivity contribution in [1.29, 1.82) is 0 Å². The Labute approximate surface area is 96.5 Å². The van der Waals surface area contributed by atoms with Crippen LogP contribution in [0.25, 0.3) is 0 Å². The average molecular weight is 222 g/mol. The summed E-state index contributed by atoms with van der Waals surface area (Å²) in [5.41, 5.74) is 1.99. The molecule has 2 nitrogen and oxygen atoms in total. The zero-order valence-electron chi connectivity index (χ0n) is 9.96. The fraction of sp³-hybridized carbons (Fsp3) is 0.538. The molecule has 88 valence electrons. The Morgan fingerprint density at radius 1 is 1.31 bits per heavy atom. The van der Waals surface area contributed by atoms with E-state index >= 15 is 0 Å². The van der Waals surface area contributed by atoms with Crippen molar-refractivity contribution in [2.45, 2.75) is 26.3 Å². The van der Waals surface area contributed by atoms with Gasteiger partial charge >= 0.3 is 0 Å². The van der Waals surface area contributed by atoms with E-state index in [-0.39, 0.29) is 5.82 Å². The van der Waals surface area contributed by atoms with Crippen LogP contribution in [0.1, 0.15) is 18.9 Å². The van der Waals surface area contributed by atoms with E-state index in [0.717, 1.165) is 37.3 Å². The minimum absolute atomic E-state index is 0.139. The standard InChI is InChI=1S/C13H19FN2/c1-10-7-12(14)9-13(8-10)16-5-3-11(2)15-4-6-16/h7-9,11,15H,3-6H2,1-2H3. The van der Waals surface area contributed by atoms with E-state index < -0.39 is 0 Å². The van der Waals surface area contributed by atoms with Crippen molar-refractivity contribution in [2.24, 2.45) is 0 Å². The van der Waals surface area contributed by atoms with Crippen molar-refractivity contribution >= 4 is 5.69 Å². The van der Waals surface area contributed by atoms with E-state index in [1.54, 1.807) is 12.1 Å². The molecular weight excluding hydrogens is 203 g/mol. The molecule has 0 amide bonds. The SMILES string of the molecule is Cc1cc(F)cc(N2CCNC(C)CC2)c1. The number of rotatable bonds is 1. The number of nitrogens with zero attached hydrogens (tertiary/aromatic N) is 1. The van der Waals surface area contributed by atoms with Crippen LogP contribution < -0.4 is 10.2 Å². The summed E-state index contributed by atoms with van der Waals surface area (Å²) < 4.78 is 13.3. The van der Waals surface area contributed by atoms with Crippen LogP contribution in [-0.4, -0.2) is 25.7 Å². The molecule has 1 saturated heterocycles. The van der Waals surface area contributed by atoms with Gasteiger partial charge in [0.1, 0.15) is 5.82 Å². The normalized spacial score (nSPS) is 21.9. The summed E-state index contributed by atoms with van der Waals surface area (Å²) in [6.07, 6.45) is 1.11. The van der Waals surface area contributed by atoms with E-state index in [4.69, 9.17) is 0 Å². The third-order valence-corrected chi connectivity index (χ3v) is 3.10. The molecule has 16 heavy (non-hydrogen) atoms. The van der Waals surface area contributed by atoms with Crippen molar-refractivity contribution in [3.63, 3.8) is 0 Å². The minimum atomic E-state index is -0.139. The van der Waals surface area contributed by atoms with Crippen LogP contribution in [0.3, 0.4) is 0 Å². The summed E-state index contributed by atoms with van der Waals surface area (Å²) in [5.74, 6) is -0.139. The van der Waals surface area contributed by atoms with Gasteiger partial charge in [-0.15, -0.1) is 0 Å². The molecule has 0 aliphatic carbocycles. The van der Waals surface area contributed by atoms with Gasteiger partial charge in [0.25, 0.3) is 0 Å². The van der Waals surface area contributed by atoms with Gasteiger partial charge in [-0.1, -0.05) is 0 Å². The second-order valence-corrected chi connectivity index (χ2v) is 4.62. The Hall–Kier alpha value is -1.09. The van der Waals surface area contributed by atoms with Gasteiger partial charge < -0.3 is 10.2 Å². The van der Waals surface area contributed by atoms with E-state index in [1.165, 1.54) is 0 Å². The van der Waals surface area contributed by atoms with E-state index in [9.17, 15) is 4.39 Å². The largest absolute Gasteiger partial charge is 0.370 e. The Morgan fingerprint density at radius 3 is 2.88 bits per heavy atom. The van der Waals surface area contributed by atoms with Crippen LogP contribution >= 0.6 is 0 Å². The molecule has 1 aliphatic rings. The highest BCUT2D eigenvalue weighted by Gasteiger charge is 2.14. The first-order valence-electron chi connectivity index (χ1n) is 5.90. The first-order valence-corrected chi connectivity index (χ1v) is 5.90. The van der Waals surface area contributed by atoms with Gasteiger partial charge in [0.2, 0.25) is 0 Å². The number of nitrogens with one attached hydrogen (secondary N) is 1. The van der Waals surface area contributed by atoms with Gasteiger partial charge in [0, 0.05) is 31.4 Å². The monoisotopic (exact) mass is 222 g/mol. The topological polar surface area (TPSA) is 15.3 Å². The number of hydrogen-bond acceptors (Lipinski definition) is 2. The third kappa shape index (κ3) is 2.73. The molecule has 0 aromatic heterocycles. The second-order valence-electron chi connectivity index (χ2n) is 4.62. The average Bonchev–Trinajstić information content (AvgIpc) is 2.41. The van der Waals surface area contributed by atoms with E-state index in [0.29, 0.717) is 6.04 Å². The number of halogens is 1. The van der Waals surface area contributed by atoms with Crippen molar-refractivity contribution < 1.29 is 4.39 Å². The van der Waals surface area contributed by atoms with Gasteiger partial charge in [0.15, 0.2) is 0 Å². The molecule has 0 bridgehead atoms. The maximum atomic E-state index is 13.3. The Kier molecular flexibility index (Phi) is 3.44. The van der Waals surface area contributed by atoms with Crippen LogP contribution in [0, 0.1) is 12.7 Å². The second kappa shape index (κ2) is 4.83. The fourth-order valence-corrected chi connectivity index (χ4v) is 2.17. The predicted molar refractivity (Wildman–Crippen MR) is 65.4 cm³/mol. The van der Waals surface area contributed by atoms with Gasteiger partial charge in [0.05, 0.1) is 0 Å². The van der Waals surface area contributed by atoms with Crippen LogP contribution in [0.5, 0.6) is 0 Å². The molecule has 1 aromatic rings. The molecule has 0 spiro atoms. The van der Waals surface area contributed by atoms with Gasteiger partial charge in [-0.25, -0.2) is 4.39 Å². The number of benzene rings is 1. The first kappa shape index (κ1) is 11.4. The molecule has 1 heterocycles. The molecule has 1 N–H and O–H groups in total. The molecule has 1 atom stereocenters. The van der Waals surface area contributed by atoms with Gasteiger partial charge in [-0.3, -0.25) is 0 Å². The highest BCUT2D eigenvalue weighted by Crippen LogP contribution is 2.19. The maximum absolute atomic E-state index is 13.3. The highest BCUT2D eigenvalue weighted by atomic mass is 19.1. The molecule has 1 aromatic carbocycles. The lowest BCUT2D eigenvalue weighted by molar-refractivity contribution is 0.566. The van der Waals surface area contributed by atoms with Crippen molar-refractivity contribution in [2.75, 3.05) is 24.5 Å². The summed E-state index contributed by atoms with van der Waals surface area (Å²) in [6.45, 7) is 7.05. The predicted octanol–water partition coefficient (Wildman–Crippen LogP) is 2.32. The molecule has 3 heteroatoms. The maximum Gasteiger partial charge on any atom is 0.125 e. The number of aryl methyl sites for hydroxylation is 1. The lowest BCUT2D eigenvalue weighted by atomic mass is 10.2. The Balaban J connectivity index is 2.16. The van der Waals surface area contributed by atoms with Crippen LogP contribution in [0.15, 0.2) is 18.2 Å². The first-order chi connectivity index (χ1) is 7.65. The van der Waals surface area contributed by atoms with Crippen molar-refractivity contribution in [3.8, 4) is 0 Å².